The molecule has 0 atom stereocenters. The van der Waals surface area contributed by atoms with Gasteiger partial charge in [-0.2, -0.15) is 5.10 Å². The van der Waals surface area contributed by atoms with Gasteiger partial charge in [-0.15, -0.1) is 12.4 Å². The smallest absolute Gasteiger partial charge is 0.181 e. The van der Waals surface area contributed by atoms with Gasteiger partial charge in [0.2, 0.25) is 0 Å². The lowest BCUT2D eigenvalue weighted by molar-refractivity contribution is 0.165. The number of benzene rings is 1. The van der Waals surface area contributed by atoms with Crippen molar-refractivity contribution >= 4 is 12.4 Å². The summed E-state index contributed by atoms with van der Waals surface area (Å²) in [6.45, 7) is 6.05. The molecule has 2 saturated heterocycles. The number of nitrogens with zero attached hydrogens (tertiary/aromatic N) is 3. The average Bonchev–Trinajstić information content (AvgIpc) is 3.14. The molecule has 2 aliphatic rings. The summed E-state index contributed by atoms with van der Waals surface area (Å²) < 4.78 is 0. The van der Waals surface area contributed by atoms with E-state index in [4.69, 9.17) is 4.98 Å². The van der Waals surface area contributed by atoms with Gasteiger partial charge in [-0.3, -0.25) is 5.10 Å². The molecule has 2 aliphatic heterocycles. The Kier molecular flexibility index (Phi) is 6.45. The molecule has 25 heavy (non-hydrogen) atoms. The van der Waals surface area contributed by atoms with E-state index in [1.807, 2.05) is 18.2 Å². The number of rotatable bonds is 4. The van der Waals surface area contributed by atoms with Gasteiger partial charge in [-0.05, 0) is 57.8 Å². The van der Waals surface area contributed by atoms with Gasteiger partial charge in [0.05, 0.1) is 0 Å². The number of hydrogen-bond donors (Lipinski definition) is 2. The van der Waals surface area contributed by atoms with Crippen LogP contribution in [-0.4, -0.2) is 52.8 Å². The second kappa shape index (κ2) is 8.79. The number of aromatic amines is 1. The Morgan fingerprint density at radius 1 is 1.00 bits per heavy atom. The minimum Gasteiger partial charge on any atom is -0.317 e. The van der Waals surface area contributed by atoms with Crippen molar-refractivity contribution in [3.05, 3.63) is 36.2 Å². The maximum absolute atomic E-state index is 4.75. The highest BCUT2D eigenvalue weighted by molar-refractivity contribution is 5.85. The SMILES string of the molecule is Cl.c1ccc(-c2n[nH]c(C3CCN(CC4CCNCC4)CC3)n2)cc1. The van der Waals surface area contributed by atoms with Crippen LogP contribution < -0.4 is 5.32 Å². The zero-order valence-corrected chi connectivity index (χ0v) is 15.5. The summed E-state index contributed by atoms with van der Waals surface area (Å²) in [5.74, 6) is 3.30. The third-order valence-corrected chi connectivity index (χ3v) is 5.48. The van der Waals surface area contributed by atoms with Crippen LogP contribution in [0.3, 0.4) is 0 Å². The molecule has 0 aliphatic carbocycles. The molecular formula is C19H28ClN5. The van der Waals surface area contributed by atoms with Crippen LogP contribution in [0.2, 0.25) is 0 Å². The lowest BCUT2D eigenvalue weighted by Crippen LogP contribution is -2.40. The van der Waals surface area contributed by atoms with Crippen molar-refractivity contribution in [3.63, 3.8) is 0 Å². The van der Waals surface area contributed by atoms with Gasteiger partial charge in [0.1, 0.15) is 5.82 Å². The van der Waals surface area contributed by atoms with Gasteiger partial charge in [-0.1, -0.05) is 30.3 Å². The van der Waals surface area contributed by atoms with Crippen LogP contribution in [0, 0.1) is 5.92 Å². The first-order chi connectivity index (χ1) is 11.9. The maximum Gasteiger partial charge on any atom is 0.181 e. The van der Waals surface area contributed by atoms with Crippen molar-refractivity contribution < 1.29 is 0 Å². The largest absolute Gasteiger partial charge is 0.317 e. The Morgan fingerprint density at radius 3 is 2.44 bits per heavy atom. The second-order valence-corrected chi connectivity index (χ2v) is 7.18. The van der Waals surface area contributed by atoms with Crippen LogP contribution in [0.5, 0.6) is 0 Å². The topological polar surface area (TPSA) is 56.8 Å². The van der Waals surface area contributed by atoms with E-state index in [0.717, 1.165) is 23.1 Å². The van der Waals surface area contributed by atoms with Crippen molar-refractivity contribution in [2.75, 3.05) is 32.7 Å². The highest BCUT2D eigenvalue weighted by atomic mass is 35.5. The zero-order chi connectivity index (χ0) is 16.2. The molecule has 0 unspecified atom stereocenters. The quantitative estimate of drug-likeness (QED) is 0.878. The van der Waals surface area contributed by atoms with Crippen molar-refractivity contribution in [3.8, 4) is 11.4 Å². The third-order valence-electron chi connectivity index (χ3n) is 5.48. The van der Waals surface area contributed by atoms with Crippen molar-refractivity contribution in [1.82, 2.24) is 25.4 Å². The van der Waals surface area contributed by atoms with E-state index in [-0.39, 0.29) is 12.4 Å². The molecular weight excluding hydrogens is 334 g/mol. The summed E-state index contributed by atoms with van der Waals surface area (Å²) in [5.41, 5.74) is 1.09. The van der Waals surface area contributed by atoms with E-state index >= 15 is 0 Å². The fourth-order valence-corrected chi connectivity index (χ4v) is 3.99. The van der Waals surface area contributed by atoms with E-state index in [2.05, 4.69) is 32.5 Å². The van der Waals surface area contributed by atoms with Crippen molar-refractivity contribution in [1.29, 1.82) is 0 Å². The molecule has 1 aromatic heterocycles. The van der Waals surface area contributed by atoms with Gasteiger partial charge in [0.15, 0.2) is 5.82 Å². The molecule has 6 heteroatoms. The summed E-state index contributed by atoms with van der Waals surface area (Å²) in [6, 6.07) is 10.2. The van der Waals surface area contributed by atoms with Crippen molar-refractivity contribution in [2.24, 2.45) is 5.92 Å². The summed E-state index contributed by atoms with van der Waals surface area (Å²) in [6.07, 6.45) is 5.05. The van der Waals surface area contributed by atoms with Crippen LogP contribution >= 0.6 is 12.4 Å². The van der Waals surface area contributed by atoms with E-state index in [9.17, 15) is 0 Å². The lowest BCUT2D eigenvalue weighted by atomic mass is 9.93. The molecule has 2 fully saturated rings. The molecule has 136 valence electrons. The predicted octanol–water partition coefficient (Wildman–Crippen LogP) is 3.07. The van der Waals surface area contributed by atoms with E-state index in [1.54, 1.807) is 0 Å². The fourth-order valence-electron chi connectivity index (χ4n) is 3.99. The summed E-state index contributed by atoms with van der Waals surface area (Å²) in [7, 11) is 0. The maximum atomic E-state index is 4.75. The third kappa shape index (κ3) is 4.60. The van der Waals surface area contributed by atoms with Gasteiger partial charge >= 0.3 is 0 Å². The van der Waals surface area contributed by atoms with Crippen LogP contribution in [0.25, 0.3) is 11.4 Å². The number of nitrogens with one attached hydrogen (secondary N) is 2. The molecule has 5 nitrogen and oxygen atoms in total. The van der Waals surface area contributed by atoms with Gasteiger partial charge in [0.25, 0.3) is 0 Å². The molecule has 2 aromatic rings. The number of halogens is 1. The second-order valence-electron chi connectivity index (χ2n) is 7.18. The number of likely N-dealkylation sites (tertiary alicyclic amines) is 1. The summed E-state index contributed by atoms with van der Waals surface area (Å²) in [5, 5.41) is 11.1. The number of piperidine rings is 2. The van der Waals surface area contributed by atoms with Gasteiger partial charge in [0, 0.05) is 18.0 Å². The number of hydrogen-bond acceptors (Lipinski definition) is 4. The van der Waals surface area contributed by atoms with E-state index < -0.39 is 0 Å². The highest BCUT2D eigenvalue weighted by Gasteiger charge is 2.25. The minimum atomic E-state index is 0. The Hall–Kier alpha value is -1.43. The Bertz CT molecular complexity index is 630. The summed E-state index contributed by atoms with van der Waals surface area (Å²) in [4.78, 5) is 7.41. The van der Waals surface area contributed by atoms with E-state index in [1.165, 1.54) is 58.4 Å². The minimum absolute atomic E-state index is 0. The molecule has 0 amide bonds. The molecule has 0 spiro atoms. The zero-order valence-electron chi connectivity index (χ0n) is 14.7. The first-order valence-electron chi connectivity index (χ1n) is 9.29. The first-order valence-corrected chi connectivity index (χ1v) is 9.29. The standard InChI is InChI=1S/C19H27N5.ClH/c1-2-4-16(5-3-1)18-21-19(23-22-18)17-8-12-24(13-9-17)14-15-6-10-20-11-7-15;/h1-5,15,17,20H,6-14H2,(H,21,22,23);1H. The van der Waals surface area contributed by atoms with Crippen molar-refractivity contribution in [2.45, 2.75) is 31.6 Å². The monoisotopic (exact) mass is 361 g/mol. The summed E-state index contributed by atoms with van der Waals surface area (Å²) >= 11 is 0. The molecule has 2 N–H and O–H groups in total. The molecule has 4 rings (SSSR count). The normalized spacial score (nSPS) is 20.3. The average molecular weight is 362 g/mol. The molecule has 0 saturated carbocycles. The molecule has 3 heterocycles. The molecule has 0 bridgehead atoms. The van der Waals surface area contributed by atoms with Gasteiger partial charge < -0.3 is 10.2 Å². The van der Waals surface area contributed by atoms with Crippen LogP contribution in [0.15, 0.2) is 30.3 Å². The van der Waals surface area contributed by atoms with Crippen LogP contribution in [0.1, 0.15) is 37.4 Å². The van der Waals surface area contributed by atoms with Crippen LogP contribution in [0.4, 0.5) is 0 Å². The lowest BCUT2D eigenvalue weighted by Gasteiger charge is -2.34. The van der Waals surface area contributed by atoms with Crippen LogP contribution in [-0.2, 0) is 0 Å². The Balaban J connectivity index is 0.00000182. The molecule has 0 radical (unpaired) electrons. The molecule has 1 aromatic carbocycles. The number of aromatic nitrogens is 3. The Morgan fingerprint density at radius 2 is 1.72 bits per heavy atom. The van der Waals surface area contributed by atoms with E-state index in [0.29, 0.717) is 5.92 Å². The highest BCUT2D eigenvalue weighted by Crippen LogP contribution is 2.28. The Labute approximate surface area is 156 Å². The first kappa shape index (κ1) is 18.4. The fraction of sp³-hybridized carbons (Fsp3) is 0.579. The predicted molar refractivity (Wildman–Crippen MR) is 103 cm³/mol. The van der Waals surface area contributed by atoms with Gasteiger partial charge in [-0.25, -0.2) is 4.98 Å². The number of H-pyrrole nitrogens is 1.